The van der Waals surface area contributed by atoms with Crippen molar-refractivity contribution in [3.05, 3.63) is 65.2 Å². The fraction of sp³-hybridized carbons (Fsp3) is 0.567. The smallest absolute Gasteiger partial charge is 0.254 e. The summed E-state index contributed by atoms with van der Waals surface area (Å²) in [4.78, 5) is 18.7. The monoisotopic (exact) mass is 469 g/mol. The first-order valence-corrected chi connectivity index (χ1v) is 13.7. The van der Waals surface area contributed by atoms with Gasteiger partial charge in [-0.15, -0.1) is 0 Å². The van der Waals surface area contributed by atoms with Crippen LogP contribution >= 0.6 is 0 Å². The number of rotatable bonds is 3. The summed E-state index contributed by atoms with van der Waals surface area (Å²) in [6.45, 7) is 3.00. The summed E-state index contributed by atoms with van der Waals surface area (Å²) in [5, 5.41) is 10.6. The standard InChI is InChI=1S/C30H35N3O2/c31-28(10-11-28)18-32-13-12-30-23-15-22(34)7-6-20(23)14-25(32)29(30)9-8-24-26(30)21(16-29)17-33(24)27(35)19-4-2-1-3-5-19/h1-7,15,21,24-26,34H,8-14,16-18,31H2/t21-,24?,25?,26?,29?,30?/m1/s1. The van der Waals surface area contributed by atoms with Gasteiger partial charge in [-0.3, -0.25) is 9.69 Å². The molecule has 2 aromatic carbocycles. The lowest BCUT2D eigenvalue weighted by molar-refractivity contribution is -0.103. The van der Waals surface area contributed by atoms with Crippen molar-refractivity contribution in [2.75, 3.05) is 19.6 Å². The van der Waals surface area contributed by atoms with Crippen LogP contribution in [0.4, 0.5) is 0 Å². The number of carbonyl (C=O) groups excluding carboxylic acids is 1. The molecule has 8 rings (SSSR count). The topological polar surface area (TPSA) is 69.8 Å². The number of benzene rings is 2. The van der Waals surface area contributed by atoms with Gasteiger partial charge < -0.3 is 15.7 Å². The van der Waals surface area contributed by atoms with Gasteiger partial charge in [-0.05, 0) is 104 Å². The number of likely N-dealkylation sites (tertiary alicyclic amines) is 2. The zero-order valence-electron chi connectivity index (χ0n) is 20.3. The molecule has 35 heavy (non-hydrogen) atoms. The van der Waals surface area contributed by atoms with Crippen LogP contribution in [-0.2, 0) is 11.8 Å². The van der Waals surface area contributed by atoms with Crippen LogP contribution in [-0.4, -0.2) is 58.1 Å². The van der Waals surface area contributed by atoms with Crippen LogP contribution in [0.1, 0.15) is 60.0 Å². The molecule has 4 bridgehead atoms. The summed E-state index contributed by atoms with van der Waals surface area (Å²) in [5.74, 6) is 1.62. The van der Waals surface area contributed by atoms with Crippen LogP contribution in [0.5, 0.6) is 5.75 Å². The molecule has 2 saturated heterocycles. The Balaban J connectivity index is 1.25. The van der Waals surface area contributed by atoms with Gasteiger partial charge in [0.05, 0.1) is 0 Å². The van der Waals surface area contributed by atoms with Crippen molar-refractivity contribution in [1.82, 2.24) is 9.80 Å². The Morgan fingerprint density at radius 3 is 2.71 bits per heavy atom. The second-order valence-electron chi connectivity index (χ2n) is 12.7. The minimum atomic E-state index is 0.0243. The van der Waals surface area contributed by atoms with Gasteiger partial charge in [0.25, 0.3) is 5.91 Å². The number of amides is 1. The number of phenolic OH excluding ortho intramolecular Hbond substituents is 1. The Morgan fingerprint density at radius 1 is 1.09 bits per heavy atom. The fourth-order valence-corrected chi connectivity index (χ4v) is 9.99. The minimum Gasteiger partial charge on any atom is -0.508 e. The lowest BCUT2D eigenvalue weighted by Gasteiger charge is -2.66. The van der Waals surface area contributed by atoms with E-state index in [4.69, 9.17) is 5.73 Å². The first-order chi connectivity index (χ1) is 16.9. The summed E-state index contributed by atoms with van der Waals surface area (Å²) in [5.41, 5.74) is 10.6. The Morgan fingerprint density at radius 2 is 1.91 bits per heavy atom. The molecule has 5 fully saturated rings. The maximum Gasteiger partial charge on any atom is 0.254 e. The molecule has 182 valence electrons. The molecule has 3 saturated carbocycles. The van der Waals surface area contributed by atoms with Crippen LogP contribution in [0.15, 0.2) is 48.5 Å². The van der Waals surface area contributed by atoms with Gasteiger partial charge in [-0.1, -0.05) is 24.3 Å². The Bertz CT molecular complexity index is 1230. The van der Waals surface area contributed by atoms with Gasteiger partial charge in [0.2, 0.25) is 0 Å². The summed E-state index contributed by atoms with van der Waals surface area (Å²) in [6, 6.07) is 16.8. The number of carbonyl (C=O) groups is 1. The number of hydrogen-bond donors (Lipinski definition) is 2. The fourth-order valence-electron chi connectivity index (χ4n) is 9.99. The number of nitrogens with two attached hydrogens (primary N) is 1. The molecule has 5 unspecified atom stereocenters. The molecule has 6 aliphatic rings. The lowest BCUT2D eigenvalue weighted by Crippen LogP contribution is -2.70. The highest BCUT2D eigenvalue weighted by Crippen LogP contribution is 2.75. The van der Waals surface area contributed by atoms with Crippen LogP contribution in [0.2, 0.25) is 0 Å². The zero-order valence-corrected chi connectivity index (χ0v) is 20.3. The number of piperidine rings is 1. The maximum absolute atomic E-state index is 13.7. The Kier molecular flexibility index (Phi) is 3.97. The number of aromatic hydroxyl groups is 1. The normalized spacial score (nSPS) is 39.7. The van der Waals surface area contributed by atoms with Crippen LogP contribution in [0.3, 0.4) is 0 Å². The molecule has 0 spiro atoms. The highest BCUT2D eigenvalue weighted by molar-refractivity contribution is 5.94. The molecule has 4 aliphatic carbocycles. The molecule has 2 aliphatic heterocycles. The van der Waals surface area contributed by atoms with Crippen molar-refractivity contribution < 1.29 is 9.90 Å². The predicted molar refractivity (Wildman–Crippen MR) is 134 cm³/mol. The van der Waals surface area contributed by atoms with Crippen molar-refractivity contribution in [1.29, 1.82) is 0 Å². The minimum absolute atomic E-state index is 0.0243. The van der Waals surface area contributed by atoms with Crippen molar-refractivity contribution in [2.45, 2.75) is 68.0 Å². The molecule has 2 aromatic rings. The van der Waals surface area contributed by atoms with Gasteiger partial charge in [-0.2, -0.15) is 0 Å². The quantitative estimate of drug-likeness (QED) is 0.719. The van der Waals surface area contributed by atoms with Crippen molar-refractivity contribution in [3.8, 4) is 5.75 Å². The molecular weight excluding hydrogens is 434 g/mol. The van der Waals surface area contributed by atoms with Gasteiger partial charge in [0, 0.05) is 41.7 Å². The summed E-state index contributed by atoms with van der Waals surface area (Å²) < 4.78 is 0. The predicted octanol–water partition coefficient (Wildman–Crippen LogP) is 3.69. The van der Waals surface area contributed by atoms with E-state index in [9.17, 15) is 9.90 Å². The van der Waals surface area contributed by atoms with Gasteiger partial charge in [-0.25, -0.2) is 0 Å². The molecule has 5 heteroatoms. The molecule has 1 amide bonds. The highest BCUT2D eigenvalue weighted by atomic mass is 16.3. The molecule has 0 radical (unpaired) electrons. The zero-order chi connectivity index (χ0) is 23.6. The van der Waals surface area contributed by atoms with E-state index in [0.29, 0.717) is 29.7 Å². The molecule has 2 heterocycles. The summed E-state index contributed by atoms with van der Waals surface area (Å²) in [7, 11) is 0. The van der Waals surface area contributed by atoms with E-state index in [0.717, 1.165) is 57.3 Å². The number of phenols is 1. The molecule has 3 N–H and O–H groups in total. The van der Waals surface area contributed by atoms with Crippen molar-refractivity contribution in [2.24, 2.45) is 23.0 Å². The van der Waals surface area contributed by atoms with Crippen molar-refractivity contribution >= 4 is 5.91 Å². The van der Waals surface area contributed by atoms with E-state index >= 15 is 0 Å². The average molecular weight is 470 g/mol. The number of hydrogen-bond acceptors (Lipinski definition) is 4. The number of fused-ring (bicyclic) bond motifs is 1. The van der Waals surface area contributed by atoms with Crippen LogP contribution < -0.4 is 5.73 Å². The molecule has 5 nitrogen and oxygen atoms in total. The summed E-state index contributed by atoms with van der Waals surface area (Å²) >= 11 is 0. The van der Waals surface area contributed by atoms with Crippen LogP contribution in [0.25, 0.3) is 0 Å². The van der Waals surface area contributed by atoms with Crippen molar-refractivity contribution in [3.63, 3.8) is 0 Å². The first-order valence-electron chi connectivity index (χ1n) is 13.7. The molecular formula is C30H35N3O2. The second kappa shape index (κ2) is 6.68. The third-order valence-electron chi connectivity index (χ3n) is 11.3. The second-order valence-corrected chi connectivity index (χ2v) is 12.7. The SMILES string of the molecule is NC1(CN2CCC34c5cc(O)ccc5CC2C32CCC3C4[C@@H](CN3C(=O)c3ccccc3)C2)CC1. The maximum atomic E-state index is 13.7. The highest BCUT2D eigenvalue weighted by Gasteiger charge is 2.76. The molecule has 6 atom stereocenters. The van der Waals surface area contributed by atoms with E-state index in [-0.39, 0.29) is 22.3 Å². The van der Waals surface area contributed by atoms with Gasteiger partial charge >= 0.3 is 0 Å². The van der Waals surface area contributed by atoms with E-state index in [2.05, 4.69) is 21.9 Å². The van der Waals surface area contributed by atoms with Gasteiger partial charge in [0.1, 0.15) is 5.75 Å². The first kappa shape index (κ1) is 20.8. The van der Waals surface area contributed by atoms with E-state index in [1.165, 1.54) is 24.0 Å². The Labute approximate surface area is 207 Å². The Hall–Kier alpha value is -2.37. The van der Waals surface area contributed by atoms with Crippen LogP contribution in [0, 0.1) is 17.3 Å². The van der Waals surface area contributed by atoms with Gasteiger partial charge in [0.15, 0.2) is 0 Å². The average Bonchev–Trinajstić information content (AvgIpc) is 3.40. The third kappa shape index (κ3) is 2.54. The van der Waals surface area contributed by atoms with E-state index < -0.39 is 0 Å². The molecule has 0 aromatic heterocycles. The lowest BCUT2D eigenvalue weighted by atomic mass is 9.43. The largest absolute Gasteiger partial charge is 0.508 e. The summed E-state index contributed by atoms with van der Waals surface area (Å²) in [6.07, 6.45) is 8.00. The third-order valence-corrected chi connectivity index (χ3v) is 11.3. The number of nitrogens with zero attached hydrogens (tertiary/aromatic N) is 2. The van der Waals surface area contributed by atoms with E-state index in [1.807, 2.05) is 36.4 Å². The van der Waals surface area contributed by atoms with E-state index in [1.54, 1.807) is 0 Å².